The SMILES string of the molecule is COCCN1C(=O)[C@@H]2C[C@H](NC(=O)CCc3c(C)noc3C)CN2CCS1(=O)=O. The fourth-order valence-corrected chi connectivity index (χ4v) is 5.41. The van der Waals surface area contributed by atoms with Crippen LogP contribution in [-0.4, -0.2) is 85.8 Å². The lowest BCUT2D eigenvalue weighted by atomic mass is 10.1. The first kappa shape index (κ1) is 21.7. The van der Waals surface area contributed by atoms with Gasteiger partial charge in [-0.1, -0.05) is 5.16 Å². The van der Waals surface area contributed by atoms with E-state index in [1.807, 2.05) is 18.7 Å². The van der Waals surface area contributed by atoms with Gasteiger partial charge >= 0.3 is 0 Å². The van der Waals surface area contributed by atoms with E-state index in [9.17, 15) is 18.0 Å². The molecular formula is C18H28N4O6S. The van der Waals surface area contributed by atoms with Gasteiger partial charge in [-0.2, -0.15) is 0 Å². The second kappa shape index (κ2) is 8.80. The van der Waals surface area contributed by atoms with E-state index >= 15 is 0 Å². The molecule has 11 heteroatoms. The van der Waals surface area contributed by atoms with E-state index in [2.05, 4.69) is 10.5 Å². The zero-order valence-electron chi connectivity index (χ0n) is 17.0. The van der Waals surface area contributed by atoms with Crippen LogP contribution in [0.25, 0.3) is 0 Å². The normalized spacial score (nSPS) is 24.4. The molecule has 29 heavy (non-hydrogen) atoms. The van der Waals surface area contributed by atoms with E-state index in [1.54, 1.807) is 0 Å². The molecule has 2 aliphatic heterocycles. The molecule has 0 bridgehead atoms. The number of carbonyl (C=O) groups excluding carboxylic acids is 2. The van der Waals surface area contributed by atoms with Crippen molar-refractivity contribution in [2.45, 2.75) is 45.2 Å². The van der Waals surface area contributed by atoms with Crippen LogP contribution in [0.2, 0.25) is 0 Å². The van der Waals surface area contributed by atoms with Crippen LogP contribution in [0.1, 0.15) is 29.9 Å². The van der Waals surface area contributed by atoms with Gasteiger partial charge in [-0.15, -0.1) is 0 Å². The Bertz CT molecular complexity index is 848. The third kappa shape index (κ3) is 4.78. The van der Waals surface area contributed by atoms with Gasteiger partial charge in [0.25, 0.3) is 5.91 Å². The number of carbonyl (C=O) groups is 2. The largest absolute Gasteiger partial charge is 0.383 e. The number of hydrogen-bond donors (Lipinski definition) is 1. The average molecular weight is 429 g/mol. The van der Waals surface area contributed by atoms with Crippen molar-refractivity contribution in [2.24, 2.45) is 0 Å². The van der Waals surface area contributed by atoms with E-state index in [0.29, 0.717) is 31.6 Å². The summed E-state index contributed by atoms with van der Waals surface area (Å²) in [7, 11) is -2.18. The summed E-state index contributed by atoms with van der Waals surface area (Å²) in [5.74, 6) is 0.0505. The molecule has 2 fully saturated rings. The zero-order chi connectivity index (χ0) is 21.2. The summed E-state index contributed by atoms with van der Waals surface area (Å²) in [6.45, 7) is 4.56. The summed E-state index contributed by atoms with van der Waals surface area (Å²) in [5, 5.41) is 6.87. The Morgan fingerprint density at radius 3 is 2.79 bits per heavy atom. The monoisotopic (exact) mass is 428 g/mol. The molecule has 0 spiro atoms. The highest BCUT2D eigenvalue weighted by Crippen LogP contribution is 2.25. The number of nitrogens with one attached hydrogen (secondary N) is 1. The average Bonchev–Trinajstić information content (AvgIpc) is 3.19. The Balaban J connectivity index is 1.58. The minimum Gasteiger partial charge on any atom is -0.383 e. The fourth-order valence-electron chi connectivity index (χ4n) is 3.98. The maximum Gasteiger partial charge on any atom is 0.253 e. The van der Waals surface area contributed by atoms with Crippen LogP contribution in [-0.2, 0) is 30.8 Å². The molecule has 0 unspecified atom stereocenters. The molecule has 0 radical (unpaired) electrons. The van der Waals surface area contributed by atoms with Gasteiger partial charge in [-0.05, 0) is 26.7 Å². The molecule has 1 aromatic heterocycles. The van der Waals surface area contributed by atoms with Gasteiger partial charge in [0.2, 0.25) is 15.9 Å². The van der Waals surface area contributed by atoms with Crippen LogP contribution >= 0.6 is 0 Å². The molecule has 1 aromatic rings. The fraction of sp³-hybridized carbons (Fsp3) is 0.722. The van der Waals surface area contributed by atoms with Crippen molar-refractivity contribution >= 4 is 21.8 Å². The smallest absolute Gasteiger partial charge is 0.253 e. The van der Waals surface area contributed by atoms with Crippen LogP contribution in [0.15, 0.2) is 4.52 Å². The minimum absolute atomic E-state index is 0.0104. The quantitative estimate of drug-likeness (QED) is 0.623. The number of rotatable bonds is 7. The number of sulfonamides is 1. The van der Waals surface area contributed by atoms with Crippen molar-refractivity contribution in [3.63, 3.8) is 0 Å². The molecule has 0 aliphatic carbocycles. The molecule has 0 aromatic carbocycles. The highest BCUT2D eigenvalue weighted by atomic mass is 32.2. The molecule has 0 saturated carbocycles. The summed E-state index contributed by atoms with van der Waals surface area (Å²) >= 11 is 0. The topological polar surface area (TPSA) is 122 Å². The van der Waals surface area contributed by atoms with Gasteiger partial charge in [0.15, 0.2) is 0 Å². The van der Waals surface area contributed by atoms with Crippen molar-refractivity contribution in [1.82, 2.24) is 19.7 Å². The van der Waals surface area contributed by atoms with Gasteiger partial charge in [0.05, 0.1) is 30.6 Å². The zero-order valence-corrected chi connectivity index (χ0v) is 17.8. The number of aryl methyl sites for hydroxylation is 2. The maximum absolute atomic E-state index is 12.9. The second-order valence-corrected chi connectivity index (χ2v) is 9.55. The van der Waals surface area contributed by atoms with E-state index < -0.39 is 22.0 Å². The summed E-state index contributed by atoms with van der Waals surface area (Å²) in [4.78, 5) is 27.1. The van der Waals surface area contributed by atoms with E-state index in [4.69, 9.17) is 9.26 Å². The third-order valence-corrected chi connectivity index (χ3v) is 7.29. The first-order valence-corrected chi connectivity index (χ1v) is 11.3. The van der Waals surface area contributed by atoms with Gasteiger partial charge in [0.1, 0.15) is 5.76 Å². The Kier molecular flexibility index (Phi) is 6.59. The van der Waals surface area contributed by atoms with E-state index in [1.165, 1.54) is 7.11 Å². The molecular weight excluding hydrogens is 400 g/mol. The van der Waals surface area contributed by atoms with Crippen molar-refractivity contribution in [2.75, 3.05) is 39.1 Å². The Morgan fingerprint density at radius 2 is 2.14 bits per heavy atom. The first-order chi connectivity index (χ1) is 13.7. The summed E-state index contributed by atoms with van der Waals surface area (Å²) < 4.78 is 35.8. The number of ether oxygens (including phenoxy) is 1. The lowest BCUT2D eigenvalue weighted by Gasteiger charge is -2.23. The number of aromatic nitrogens is 1. The van der Waals surface area contributed by atoms with Crippen molar-refractivity contribution in [3.05, 3.63) is 17.0 Å². The lowest BCUT2D eigenvalue weighted by Crippen LogP contribution is -2.45. The lowest BCUT2D eigenvalue weighted by molar-refractivity contribution is -0.131. The van der Waals surface area contributed by atoms with Gasteiger partial charge in [0, 0.05) is 38.2 Å². The summed E-state index contributed by atoms with van der Waals surface area (Å²) in [6.07, 6.45) is 1.23. The predicted molar refractivity (Wildman–Crippen MR) is 104 cm³/mol. The molecule has 2 saturated heterocycles. The molecule has 10 nitrogen and oxygen atoms in total. The number of methoxy groups -OCH3 is 1. The van der Waals surface area contributed by atoms with E-state index in [-0.39, 0.29) is 37.4 Å². The third-order valence-electron chi connectivity index (χ3n) is 5.55. The van der Waals surface area contributed by atoms with Crippen LogP contribution < -0.4 is 5.32 Å². The second-order valence-electron chi connectivity index (χ2n) is 7.53. The van der Waals surface area contributed by atoms with Gasteiger partial charge in [-0.3, -0.25) is 14.5 Å². The van der Waals surface area contributed by atoms with Crippen LogP contribution in [0.5, 0.6) is 0 Å². The molecule has 3 heterocycles. The van der Waals surface area contributed by atoms with Crippen molar-refractivity contribution in [1.29, 1.82) is 0 Å². The minimum atomic E-state index is -3.65. The van der Waals surface area contributed by atoms with Crippen molar-refractivity contribution < 1.29 is 27.3 Å². The summed E-state index contributed by atoms with van der Waals surface area (Å²) in [5.41, 5.74) is 1.72. The maximum atomic E-state index is 12.9. The number of fused-ring (bicyclic) bond motifs is 1. The molecule has 162 valence electrons. The van der Waals surface area contributed by atoms with Crippen LogP contribution in [0.3, 0.4) is 0 Å². The number of nitrogens with zero attached hydrogens (tertiary/aromatic N) is 3. The van der Waals surface area contributed by atoms with Gasteiger partial charge in [-0.25, -0.2) is 12.7 Å². The Labute approximate surface area is 170 Å². The van der Waals surface area contributed by atoms with Crippen molar-refractivity contribution in [3.8, 4) is 0 Å². The molecule has 2 amide bonds. The van der Waals surface area contributed by atoms with E-state index in [0.717, 1.165) is 15.6 Å². The van der Waals surface area contributed by atoms with Gasteiger partial charge < -0.3 is 14.6 Å². The predicted octanol–water partition coefficient (Wildman–Crippen LogP) is -0.398. The molecule has 2 aliphatic rings. The first-order valence-electron chi connectivity index (χ1n) is 9.71. The molecule has 1 N–H and O–H groups in total. The highest BCUT2D eigenvalue weighted by Gasteiger charge is 2.45. The highest BCUT2D eigenvalue weighted by molar-refractivity contribution is 7.89. The molecule has 3 rings (SSSR count). The number of amides is 2. The Hall–Kier alpha value is -1.98. The van der Waals surface area contributed by atoms with Crippen LogP contribution in [0.4, 0.5) is 0 Å². The molecule has 2 atom stereocenters. The Morgan fingerprint density at radius 1 is 1.38 bits per heavy atom. The summed E-state index contributed by atoms with van der Waals surface area (Å²) in [6, 6.07) is -0.733. The standard InChI is InChI=1S/C18H28N4O6S/c1-12-15(13(2)28-20-12)4-5-17(23)19-14-10-16-18(24)22(6-8-27-3)29(25,26)9-7-21(16)11-14/h14,16H,4-11H2,1-3H3,(H,19,23)/t14-,16-/m0/s1. The van der Waals surface area contributed by atoms with Crippen LogP contribution in [0, 0.1) is 13.8 Å². The number of hydrogen-bond acceptors (Lipinski definition) is 8.